The maximum atomic E-state index is 12.1. The normalized spacial score (nSPS) is 39.8. The lowest BCUT2D eigenvalue weighted by atomic mass is 9.79. The summed E-state index contributed by atoms with van der Waals surface area (Å²) in [5, 5.41) is 9.54. The molecule has 1 saturated carbocycles. The van der Waals surface area contributed by atoms with Crippen molar-refractivity contribution in [1.82, 2.24) is 0 Å². The Kier molecular flexibility index (Phi) is 2.42. The zero-order valence-electron chi connectivity index (χ0n) is 11.7. The number of carbonyl (C=O) groups is 2. The molecule has 19 heavy (non-hydrogen) atoms. The smallest absolute Gasteiger partial charge is 0.332 e. The highest BCUT2D eigenvalue weighted by Crippen LogP contribution is 2.57. The fourth-order valence-corrected chi connectivity index (χ4v) is 4.17. The molecule has 4 heteroatoms. The molecule has 4 rings (SSSR count). The van der Waals surface area contributed by atoms with Gasteiger partial charge in [-0.25, -0.2) is 4.79 Å². The van der Waals surface area contributed by atoms with Gasteiger partial charge in [0, 0.05) is 5.92 Å². The van der Waals surface area contributed by atoms with Gasteiger partial charge in [-0.2, -0.15) is 0 Å². The summed E-state index contributed by atoms with van der Waals surface area (Å²) in [6, 6.07) is 0. The largest absolute Gasteiger partial charge is 0.478 e. The molecule has 1 N–H and O–H groups in total. The van der Waals surface area contributed by atoms with E-state index < -0.39 is 17.5 Å². The number of esters is 1. The summed E-state index contributed by atoms with van der Waals surface area (Å²) >= 11 is 0. The molecular formula is C15H20O4. The van der Waals surface area contributed by atoms with E-state index in [2.05, 4.69) is 13.8 Å². The molecule has 0 aromatic carbocycles. The van der Waals surface area contributed by atoms with Crippen LogP contribution in [0.5, 0.6) is 0 Å². The minimum atomic E-state index is -0.939. The number of carboxylic acids is 1. The number of rotatable bonds is 1. The summed E-state index contributed by atoms with van der Waals surface area (Å²) in [4.78, 5) is 23.7. The van der Waals surface area contributed by atoms with E-state index in [9.17, 15) is 14.7 Å². The quantitative estimate of drug-likeness (QED) is 0.739. The van der Waals surface area contributed by atoms with Crippen molar-refractivity contribution in [3.8, 4) is 0 Å². The van der Waals surface area contributed by atoms with Crippen LogP contribution in [0.2, 0.25) is 0 Å². The van der Waals surface area contributed by atoms with E-state index in [1.165, 1.54) is 0 Å². The number of carbonyl (C=O) groups excluding carboxylic acids is 1. The minimum Gasteiger partial charge on any atom is -0.478 e. The van der Waals surface area contributed by atoms with Crippen molar-refractivity contribution in [2.45, 2.75) is 52.1 Å². The molecule has 1 saturated heterocycles. The average molecular weight is 264 g/mol. The molecule has 3 atom stereocenters. The zero-order valence-corrected chi connectivity index (χ0v) is 11.7. The summed E-state index contributed by atoms with van der Waals surface area (Å²) in [6.45, 7) is 6.29. The molecule has 0 spiro atoms. The second kappa shape index (κ2) is 3.62. The van der Waals surface area contributed by atoms with Gasteiger partial charge in [-0.15, -0.1) is 0 Å². The number of ether oxygens (including phenoxy) is 1. The molecule has 104 valence electrons. The number of fused-ring (bicyclic) bond motifs is 2. The van der Waals surface area contributed by atoms with Crippen molar-refractivity contribution in [1.29, 1.82) is 0 Å². The number of hydrogen-bond acceptors (Lipinski definition) is 3. The molecule has 2 bridgehead atoms. The van der Waals surface area contributed by atoms with Crippen LogP contribution in [0.25, 0.3) is 0 Å². The third-order valence-corrected chi connectivity index (χ3v) is 5.06. The number of hydrogen-bond donors (Lipinski definition) is 1. The van der Waals surface area contributed by atoms with E-state index in [0.29, 0.717) is 12.0 Å². The van der Waals surface area contributed by atoms with Gasteiger partial charge in [0.15, 0.2) is 0 Å². The molecule has 0 aromatic rings. The van der Waals surface area contributed by atoms with E-state index >= 15 is 0 Å². The highest BCUT2D eigenvalue weighted by atomic mass is 16.6. The molecule has 2 aliphatic carbocycles. The van der Waals surface area contributed by atoms with Crippen LogP contribution in [0.15, 0.2) is 11.1 Å². The monoisotopic (exact) mass is 264 g/mol. The lowest BCUT2D eigenvalue weighted by molar-refractivity contribution is -0.174. The van der Waals surface area contributed by atoms with Gasteiger partial charge in [0.2, 0.25) is 0 Å². The van der Waals surface area contributed by atoms with E-state index in [1.807, 2.05) is 6.92 Å². The van der Waals surface area contributed by atoms with Crippen LogP contribution in [0.1, 0.15) is 46.5 Å². The van der Waals surface area contributed by atoms with Crippen LogP contribution in [0.4, 0.5) is 0 Å². The molecule has 2 fully saturated rings. The molecular weight excluding hydrogens is 244 g/mol. The topological polar surface area (TPSA) is 63.6 Å². The highest BCUT2D eigenvalue weighted by Gasteiger charge is 2.56. The van der Waals surface area contributed by atoms with E-state index in [1.54, 1.807) is 0 Å². The molecule has 2 aliphatic heterocycles. The van der Waals surface area contributed by atoms with E-state index in [4.69, 9.17) is 4.74 Å². The van der Waals surface area contributed by atoms with Crippen molar-refractivity contribution in [2.75, 3.05) is 0 Å². The third-order valence-electron chi connectivity index (χ3n) is 5.06. The Morgan fingerprint density at radius 2 is 2.05 bits per heavy atom. The van der Waals surface area contributed by atoms with Crippen LogP contribution in [-0.2, 0) is 14.3 Å². The van der Waals surface area contributed by atoms with Crippen molar-refractivity contribution >= 4 is 11.9 Å². The fraction of sp³-hybridized carbons (Fsp3) is 0.733. The maximum absolute atomic E-state index is 12.1. The zero-order chi connectivity index (χ0) is 14.0. The lowest BCUT2D eigenvalue weighted by Crippen LogP contribution is -2.43. The molecule has 0 radical (unpaired) electrons. The Balaban J connectivity index is 2.20. The maximum Gasteiger partial charge on any atom is 0.332 e. The Hall–Kier alpha value is -1.32. The predicted molar refractivity (Wildman–Crippen MR) is 68.4 cm³/mol. The van der Waals surface area contributed by atoms with Gasteiger partial charge in [0.05, 0.1) is 11.5 Å². The number of aliphatic carboxylic acids is 1. The van der Waals surface area contributed by atoms with Crippen molar-refractivity contribution < 1.29 is 19.4 Å². The van der Waals surface area contributed by atoms with Crippen LogP contribution >= 0.6 is 0 Å². The van der Waals surface area contributed by atoms with Gasteiger partial charge in [-0.3, -0.25) is 4.79 Å². The fourth-order valence-electron chi connectivity index (χ4n) is 4.17. The Bertz CT molecular complexity index is 502. The van der Waals surface area contributed by atoms with Crippen LogP contribution in [-0.4, -0.2) is 22.6 Å². The summed E-state index contributed by atoms with van der Waals surface area (Å²) in [7, 11) is 0. The first-order valence-electron chi connectivity index (χ1n) is 6.93. The lowest BCUT2D eigenvalue weighted by Gasteiger charge is -2.38. The SMILES string of the molecule is CC1(C)CC2=C(C(=O)O)[C@@H]3CC[C@@](C)(OC3=O)[C@H]2C1. The second-order valence-corrected chi connectivity index (χ2v) is 7.17. The minimum absolute atomic E-state index is 0.0741. The van der Waals surface area contributed by atoms with Gasteiger partial charge < -0.3 is 9.84 Å². The molecule has 4 aliphatic rings. The third kappa shape index (κ3) is 1.72. The van der Waals surface area contributed by atoms with E-state index in [-0.39, 0.29) is 17.3 Å². The van der Waals surface area contributed by atoms with Crippen molar-refractivity contribution in [2.24, 2.45) is 17.3 Å². The Labute approximate surface area is 112 Å². The summed E-state index contributed by atoms with van der Waals surface area (Å²) in [6.07, 6.45) is 3.04. The van der Waals surface area contributed by atoms with Crippen LogP contribution in [0.3, 0.4) is 0 Å². The molecule has 2 heterocycles. The van der Waals surface area contributed by atoms with Gasteiger partial charge in [0.25, 0.3) is 0 Å². The van der Waals surface area contributed by atoms with Gasteiger partial charge in [-0.1, -0.05) is 19.4 Å². The summed E-state index contributed by atoms with van der Waals surface area (Å²) in [5.74, 6) is -1.76. The Morgan fingerprint density at radius 1 is 1.37 bits per heavy atom. The first-order chi connectivity index (χ1) is 8.73. The molecule has 0 aromatic heterocycles. The Morgan fingerprint density at radius 3 is 2.63 bits per heavy atom. The summed E-state index contributed by atoms with van der Waals surface area (Å²) < 4.78 is 5.64. The standard InChI is InChI=1S/C15H20O4/c1-14(2)6-9-10(7-14)15(3)5-4-8(13(18)19-15)11(9)12(16)17/h8,10H,4-7H2,1-3H3,(H,16,17)/t8-,10-,15+/m0/s1. The average Bonchev–Trinajstić information content (AvgIpc) is 2.50. The van der Waals surface area contributed by atoms with Crippen molar-refractivity contribution in [3.05, 3.63) is 11.1 Å². The molecule has 0 amide bonds. The number of carboxylic acid groups (broad SMARTS) is 1. The van der Waals surface area contributed by atoms with Crippen LogP contribution in [0, 0.1) is 17.3 Å². The predicted octanol–water partition coefficient (Wildman–Crippen LogP) is 2.53. The van der Waals surface area contributed by atoms with E-state index in [0.717, 1.165) is 24.8 Å². The van der Waals surface area contributed by atoms with Gasteiger partial charge in [-0.05, 0) is 38.0 Å². The molecule has 4 nitrogen and oxygen atoms in total. The van der Waals surface area contributed by atoms with Crippen LogP contribution < -0.4 is 0 Å². The van der Waals surface area contributed by atoms with Gasteiger partial charge >= 0.3 is 11.9 Å². The second-order valence-electron chi connectivity index (χ2n) is 7.17. The van der Waals surface area contributed by atoms with Crippen molar-refractivity contribution in [3.63, 3.8) is 0 Å². The summed E-state index contributed by atoms with van der Waals surface area (Å²) in [5.41, 5.74) is 0.886. The molecule has 0 unspecified atom stereocenters. The highest BCUT2D eigenvalue weighted by molar-refractivity contribution is 5.96. The van der Waals surface area contributed by atoms with Gasteiger partial charge in [0.1, 0.15) is 5.60 Å². The first kappa shape index (κ1) is 12.7. The first-order valence-corrected chi connectivity index (χ1v) is 6.93.